The SMILES string of the molecule is CC1(NCc2cnc3ccccc3n2)CCC1. The third kappa shape index (κ3) is 2.15. The summed E-state index contributed by atoms with van der Waals surface area (Å²) in [6.07, 6.45) is 5.76. The second-order valence-electron chi connectivity index (χ2n) is 5.12. The van der Waals surface area contributed by atoms with E-state index >= 15 is 0 Å². The van der Waals surface area contributed by atoms with Crippen LogP contribution in [0.25, 0.3) is 11.0 Å². The number of nitrogens with one attached hydrogen (secondary N) is 1. The van der Waals surface area contributed by atoms with Gasteiger partial charge in [0.25, 0.3) is 0 Å². The highest BCUT2D eigenvalue weighted by molar-refractivity contribution is 5.73. The van der Waals surface area contributed by atoms with Crippen LogP contribution in [0.1, 0.15) is 31.9 Å². The number of benzene rings is 1. The van der Waals surface area contributed by atoms with E-state index in [-0.39, 0.29) is 0 Å². The fourth-order valence-electron chi connectivity index (χ4n) is 2.27. The number of nitrogens with zero attached hydrogens (tertiary/aromatic N) is 2. The van der Waals surface area contributed by atoms with Crippen LogP contribution in [-0.2, 0) is 6.54 Å². The molecule has 3 rings (SSSR count). The molecule has 0 saturated heterocycles. The third-order valence-electron chi connectivity index (χ3n) is 3.65. The molecule has 0 radical (unpaired) electrons. The van der Waals surface area contributed by atoms with Gasteiger partial charge in [0.2, 0.25) is 0 Å². The fraction of sp³-hybridized carbons (Fsp3) is 0.429. The number of hydrogen-bond acceptors (Lipinski definition) is 3. The maximum Gasteiger partial charge on any atom is 0.0890 e. The number of rotatable bonds is 3. The number of hydrogen-bond donors (Lipinski definition) is 1. The molecule has 17 heavy (non-hydrogen) atoms. The first-order valence-electron chi connectivity index (χ1n) is 6.21. The van der Waals surface area contributed by atoms with Gasteiger partial charge in [-0.25, -0.2) is 4.98 Å². The Labute approximate surface area is 101 Å². The van der Waals surface area contributed by atoms with Crippen molar-refractivity contribution in [1.29, 1.82) is 0 Å². The number of fused-ring (bicyclic) bond motifs is 1. The van der Waals surface area contributed by atoms with Gasteiger partial charge >= 0.3 is 0 Å². The Balaban J connectivity index is 1.76. The second kappa shape index (κ2) is 4.08. The molecule has 0 unspecified atom stereocenters. The van der Waals surface area contributed by atoms with E-state index in [9.17, 15) is 0 Å². The molecular weight excluding hydrogens is 210 g/mol. The standard InChI is InChI=1S/C14H17N3/c1-14(7-4-8-14)16-10-11-9-15-12-5-2-3-6-13(12)17-11/h2-3,5-6,9,16H,4,7-8,10H2,1H3. The summed E-state index contributed by atoms with van der Waals surface area (Å²) in [7, 11) is 0. The maximum absolute atomic E-state index is 4.61. The average molecular weight is 227 g/mol. The van der Waals surface area contributed by atoms with E-state index in [4.69, 9.17) is 0 Å². The summed E-state index contributed by atoms with van der Waals surface area (Å²) in [5.74, 6) is 0. The van der Waals surface area contributed by atoms with Crippen molar-refractivity contribution in [3.05, 3.63) is 36.2 Å². The molecule has 0 atom stereocenters. The van der Waals surface area contributed by atoms with E-state index in [1.54, 1.807) is 0 Å². The predicted octanol–water partition coefficient (Wildman–Crippen LogP) is 2.66. The molecule has 1 N–H and O–H groups in total. The molecular formula is C14H17N3. The molecule has 1 saturated carbocycles. The van der Waals surface area contributed by atoms with E-state index < -0.39 is 0 Å². The molecule has 88 valence electrons. The normalized spacial score (nSPS) is 17.9. The molecule has 2 aromatic rings. The molecule has 1 fully saturated rings. The lowest BCUT2D eigenvalue weighted by Crippen LogP contribution is -2.47. The lowest BCUT2D eigenvalue weighted by molar-refractivity contribution is 0.206. The van der Waals surface area contributed by atoms with Crippen molar-refractivity contribution in [2.75, 3.05) is 0 Å². The quantitative estimate of drug-likeness (QED) is 0.876. The van der Waals surface area contributed by atoms with Crippen LogP contribution >= 0.6 is 0 Å². The van der Waals surface area contributed by atoms with Crippen molar-refractivity contribution in [2.24, 2.45) is 0 Å². The van der Waals surface area contributed by atoms with E-state index in [0.717, 1.165) is 23.3 Å². The van der Waals surface area contributed by atoms with Crippen molar-refractivity contribution in [3.8, 4) is 0 Å². The van der Waals surface area contributed by atoms with Gasteiger partial charge in [0, 0.05) is 12.1 Å². The first-order valence-corrected chi connectivity index (χ1v) is 6.21. The van der Waals surface area contributed by atoms with E-state index in [2.05, 4.69) is 22.2 Å². The number of para-hydroxylation sites is 2. The lowest BCUT2D eigenvalue weighted by Gasteiger charge is -2.39. The summed E-state index contributed by atoms with van der Waals surface area (Å²) in [5.41, 5.74) is 3.29. The smallest absolute Gasteiger partial charge is 0.0890 e. The van der Waals surface area contributed by atoms with Gasteiger partial charge in [-0.05, 0) is 38.3 Å². The van der Waals surface area contributed by atoms with Crippen molar-refractivity contribution < 1.29 is 0 Å². The van der Waals surface area contributed by atoms with Crippen LogP contribution in [0.5, 0.6) is 0 Å². The predicted molar refractivity (Wildman–Crippen MR) is 68.6 cm³/mol. The third-order valence-corrected chi connectivity index (χ3v) is 3.65. The Hall–Kier alpha value is -1.48. The zero-order valence-electron chi connectivity index (χ0n) is 10.1. The van der Waals surface area contributed by atoms with Gasteiger partial charge in [0.05, 0.1) is 22.9 Å². The molecule has 1 heterocycles. The molecule has 1 aliphatic rings. The molecule has 1 aliphatic carbocycles. The van der Waals surface area contributed by atoms with Crippen molar-refractivity contribution in [3.63, 3.8) is 0 Å². The van der Waals surface area contributed by atoms with E-state index in [0.29, 0.717) is 5.54 Å². The molecule has 1 aromatic heterocycles. The Kier molecular flexibility index (Phi) is 2.56. The average Bonchev–Trinajstić information content (AvgIpc) is 2.34. The maximum atomic E-state index is 4.61. The Morgan fingerprint density at radius 1 is 1.24 bits per heavy atom. The van der Waals surface area contributed by atoms with Crippen LogP contribution < -0.4 is 5.32 Å². The summed E-state index contributed by atoms with van der Waals surface area (Å²) in [6, 6.07) is 8.00. The van der Waals surface area contributed by atoms with Gasteiger partial charge in [-0.3, -0.25) is 4.98 Å². The van der Waals surface area contributed by atoms with Gasteiger partial charge in [-0.15, -0.1) is 0 Å². The molecule has 0 amide bonds. The summed E-state index contributed by atoms with van der Waals surface area (Å²) < 4.78 is 0. The Bertz CT molecular complexity index is 532. The molecule has 3 heteroatoms. The minimum absolute atomic E-state index is 0.327. The van der Waals surface area contributed by atoms with Crippen molar-refractivity contribution >= 4 is 11.0 Å². The van der Waals surface area contributed by atoms with E-state index in [1.807, 2.05) is 30.5 Å². The summed E-state index contributed by atoms with van der Waals surface area (Å²) in [5, 5.41) is 3.57. The topological polar surface area (TPSA) is 37.8 Å². The van der Waals surface area contributed by atoms with E-state index in [1.165, 1.54) is 19.3 Å². The summed E-state index contributed by atoms with van der Waals surface area (Å²) in [4.78, 5) is 9.03. The van der Waals surface area contributed by atoms with Gasteiger partial charge < -0.3 is 5.32 Å². The van der Waals surface area contributed by atoms with Crippen LogP contribution in [0, 0.1) is 0 Å². The number of aromatic nitrogens is 2. The van der Waals surface area contributed by atoms with Crippen LogP contribution in [-0.4, -0.2) is 15.5 Å². The van der Waals surface area contributed by atoms with Crippen molar-refractivity contribution in [1.82, 2.24) is 15.3 Å². The van der Waals surface area contributed by atoms with Crippen LogP contribution in [0.4, 0.5) is 0 Å². The van der Waals surface area contributed by atoms with Crippen LogP contribution in [0.3, 0.4) is 0 Å². The molecule has 0 aliphatic heterocycles. The highest BCUT2D eigenvalue weighted by atomic mass is 15.0. The Morgan fingerprint density at radius 2 is 2.00 bits per heavy atom. The second-order valence-corrected chi connectivity index (χ2v) is 5.12. The summed E-state index contributed by atoms with van der Waals surface area (Å²) >= 11 is 0. The van der Waals surface area contributed by atoms with Crippen LogP contribution in [0.2, 0.25) is 0 Å². The van der Waals surface area contributed by atoms with Crippen molar-refractivity contribution in [2.45, 2.75) is 38.3 Å². The minimum atomic E-state index is 0.327. The van der Waals surface area contributed by atoms with Gasteiger partial charge in [-0.2, -0.15) is 0 Å². The van der Waals surface area contributed by atoms with Gasteiger partial charge in [-0.1, -0.05) is 12.1 Å². The highest BCUT2D eigenvalue weighted by Gasteiger charge is 2.30. The lowest BCUT2D eigenvalue weighted by atomic mass is 9.78. The van der Waals surface area contributed by atoms with Gasteiger partial charge in [0.15, 0.2) is 0 Å². The zero-order valence-corrected chi connectivity index (χ0v) is 10.1. The molecule has 0 bridgehead atoms. The summed E-state index contributed by atoms with van der Waals surface area (Å²) in [6.45, 7) is 3.10. The highest BCUT2D eigenvalue weighted by Crippen LogP contribution is 2.31. The molecule has 0 spiro atoms. The minimum Gasteiger partial charge on any atom is -0.306 e. The largest absolute Gasteiger partial charge is 0.306 e. The fourth-order valence-corrected chi connectivity index (χ4v) is 2.27. The van der Waals surface area contributed by atoms with Gasteiger partial charge in [0.1, 0.15) is 0 Å². The van der Waals surface area contributed by atoms with Crippen LogP contribution in [0.15, 0.2) is 30.5 Å². The zero-order chi connectivity index (χ0) is 11.7. The first-order chi connectivity index (χ1) is 8.25. The monoisotopic (exact) mass is 227 g/mol. The molecule has 1 aromatic carbocycles. The first kappa shape index (κ1) is 10.7. The Morgan fingerprint density at radius 3 is 2.71 bits per heavy atom. The molecule has 3 nitrogen and oxygen atoms in total.